The smallest absolute Gasteiger partial charge is 0.122 e. The molecule has 0 fully saturated rings. The van der Waals surface area contributed by atoms with E-state index in [1.165, 1.54) is 0 Å². The van der Waals surface area contributed by atoms with Crippen molar-refractivity contribution < 1.29 is 0 Å². The third-order valence-electron chi connectivity index (χ3n) is 2.74. The van der Waals surface area contributed by atoms with Crippen LogP contribution < -0.4 is 5.73 Å². The van der Waals surface area contributed by atoms with E-state index < -0.39 is 0 Å². The predicted octanol–water partition coefficient (Wildman–Crippen LogP) is 2.06. The number of unbranched alkanes of at least 4 members (excludes halogenated alkanes) is 1. The first-order valence-electron chi connectivity index (χ1n) is 5.70. The average molecular weight is 220 g/mol. The lowest BCUT2D eigenvalue weighted by molar-refractivity contribution is 0.415. The molecule has 0 bridgehead atoms. The Morgan fingerprint density at radius 2 is 2.25 bits per heavy atom. The van der Waals surface area contributed by atoms with Gasteiger partial charge in [0.2, 0.25) is 0 Å². The van der Waals surface area contributed by atoms with Crippen molar-refractivity contribution in [1.82, 2.24) is 9.55 Å². The van der Waals surface area contributed by atoms with Gasteiger partial charge in [-0.3, -0.25) is 0 Å². The van der Waals surface area contributed by atoms with Crippen molar-refractivity contribution in [2.75, 3.05) is 0 Å². The van der Waals surface area contributed by atoms with E-state index in [2.05, 4.69) is 15.6 Å². The van der Waals surface area contributed by atoms with E-state index >= 15 is 0 Å². The molecule has 16 heavy (non-hydrogen) atoms. The third kappa shape index (κ3) is 3.67. The molecule has 0 saturated heterocycles. The molecule has 0 saturated carbocycles. The van der Waals surface area contributed by atoms with Gasteiger partial charge in [-0.1, -0.05) is 6.42 Å². The van der Waals surface area contributed by atoms with Crippen LogP contribution in [0.15, 0.2) is 12.4 Å². The second-order valence-electron chi connectivity index (χ2n) is 4.69. The van der Waals surface area contributed by atoms with E-state index in [9.17, 15) is 0 Å². The van der Waals surface area contributed by atoms with E-state index in [1.807, 2.05) is 20.0 Å². The van der Waals surface area contributed by atoms with Crippen molar-refractivity contribution in [1.29, 1.82) is 5.26 Å². The number of aryl methyl sites for hydroxylation is 1. The Morgan fingerprint density at radius 1 is 1.50 bits per heavy atom. The van der Waals surface area contributed by atoms with E-state index in [-0.39, 0.29) is 5.41 Å². The highest BCUT2D eigenvalue weighted by Crippen LogP contribution is 2.21. The zero-order chi connectivity index (χ0) is 12.0. The van der Waals surface area contributed by atoms with Crippen LogP contribution in [0.5, 0.6) is 0 Å². The summed E-state index contributed by atoms with van der Waals surface area (Å²) >= 11 is 0. The second-order valence-corrected chi connectivity index (χ2v) is 4.69. The van der Waals surface area contributed by atoms with Gasteiger partial charge in [0.05, 0.1) is 18.0 Å². The summed E-state index contributed by atoms with van der Waals surface area (Å²) in [6.07, 6.45) is 6.80. The molecule has 0 aliphatic heterocycles. The summed E-state index contributed by atoms with van der Waals surface area (Å²) in [7, 11) is 0. The number of aromatic nitrogens is 2. The van der Waals surface area contributed by atoms with Crippen LogP contribution in [-0.4, -0.2) is 9.55 Å². The van der Waals surface area contributed by atoms with E-state index in [0.717, 1.165) is 31.6 Å². The van der Waals surface area contributed by atoms with Crippen LogP contribution in [0.1, 0.15) is 38.9 Å². The number of nitriles is 1. The number of nitrogens with two attached hydrogens (primary N) is 1. The highest BCUT2D eigenvalue weighted by Gasteiger charge is 2.15. The Kier molecular flexibility index (Phi) is 4.51. The maximum absolute atomic E-state index is 8.88. The molecule has 0 aliphatic carbocycles. The zero-order valence-corrected chi connectivity index (χ0v) is 10.1. The maximum atomic E-state index is 8.88. The van der Waals surface area contributed by atoms with Gasteiger partial charge in [0, 0.05) is 18.9 Å². The number of imidazole rings is 1. The summed E-state index contributed by atoms with van der Waals surface area (Å²) in [6, 6.07) is 2.32. The van der Waals surface area contributed by atoms with E-state index in [4.69, 9.17) is 11.0 Å². The fraction of sp³-hybridized carbons (Fsp3) is 0.667. The lowest BCUT2D eigenvalue weighted by Crippen LogP contribution is -2.10. The molecule has 0 radical (unpaired) electrons. The van der Waals surface area contributed by atoms with Crippen LogP contribution in [-0.2, 0) is 13.1 Å². The number of hydrogen-bond acceptors (Lipinski definition) is 3. The fourth-order valence-corrected chi connectivity index (χ4v) is 1.64. The lowest BCUT2D eigenvalue weighted by Gasteiger charge is -2.14. The van der Waals surface area contributed by atoms with Gasteiger partial charge in [0.25, 0.3) is 0 Å². The van der Waals surface area contributed by atoms with Crippen molar-refractivity contribution in [3.63, 3.8) is 0 Å². The van der Waals surface area contributed by atoms with Crippen LogP contribution in [0, 0.1) is 16.7 Å². The van der Waals surface area contributed by atoms with Crippen molar-refractivity contribution in [2.24, 2.45) is 11.1 Å². The normalized spacial score (nSPS) is 11.4. The predicted molar refractivity (Wildman–Crippen MR) is 63.4 cm³/mol. The standard InChI is InChI=1S/C12H20N4/c1-12(2,10-14)5-3-4-7-16-8-6-15-11(16)9-13/h6,8H,3-5,7,9,13H2,1-2H3. The minimum absolute atomic E-state index is 0.203. The summed E-state index contributed by atoms with van der Waals surface area (Å²) in [6.45, 7) is 5.38. The van der Waals surface area contributed by atoms with Gasteiger partial charge in [0.1, 0.15) is 5.82 Å². The Labute approximate surface area is 97.1 Å². The molecule has 1 rings (SSSR count). The fourth-order valence-electron chi connectivity index (χ4n) is 1.64. The number of rotatable bonds is 6. The van der Waals surface area contributed by atoms with Crippen molar-refractivity contribution in [3.8, 4) is 6.07 Å². The van der Waals surface area contributed by atoms with Gasteiger partial charge in [-0.15, -0.1) is 0 Å². The molecule has 0 unspecified atom stereocenters. The zero-order valence-electron chi connectivity index (χ0n) is 10.1. The van der Waals surface area contributed by atoms with Crippen molar-refractivity contribution in [2.45, 2.75) is 46.2 Å². The molecule has 1 heterocycles. The van der Waals surface area contributed by atoms with Crippen LogP contribution in [0.2, 0.25) is 0 Å². The van der Waals surface area contributed by atoms with Gasteiger partial charge >= 0.3 is 0 Å². The van der Waals surface area contributed by atoms with Gasteiger partial charge < -0.3 is 10.3 Å². The number of nitrogens with zero attached hydrogens (tertiary/aromatic N) is 3. The van der Waals surface area contributed by atoms with Crippen molar-refractivity contribution >= 4 is 0 Å². The van der Waals surface area contributed by atoms with Gasteiger partial charge in [0.15, 0.2) is 0 Å². The molecular weight excluding hydrogens is 200 g/mol. The highest BCUT2D eigenvalue weighted by atomic mass is 15.1. The summed E-state index contributed by atoms with van der Waals surface area (Å²) in [5, 5.41) is 8.88. The first-order valence-corrected chi connectivity index (χ1v) is 5.70. The van der Waals surface area contributed by atoms with Crippen LogP contribution in [0.25, 0.3) is 0 Å². The molecule has 0 aromatic carbocycles. The van der Waals surface area contributed by atoms with Crippen molar-refractivity contribution in [3.05, 3.63) is 18.2 Å². The molecule has 2 N–H and O–H groups in total. The first-order chi connectivity index (χ1) is 7.59. The Bertz CT molecular complexity index is 359. The van der Waals surface area contributed by atoms with Gasteiger partial charge in [-0.2, -0.15) is 5.26 Å². The van der Waals surface area contributed by atoms with Crippen LogP contribution >= 0.6 is 0 Å². The summed E-state index contributed by atoms with van der Waals surface area (Å²) < 4.78 is 2.08. The minimum Gasteiger partial charge on any atom is -0.334 e. The molecule has 0 aliphatic rings. The quantitative estimate of drug-likeness (QED) is 0.746. The molecule has 4 nitrogen and oxygen atoms in total. The molecule has 0 spiro atoms. The van der Waals surface area contributed by atoms with E-state index in [0.29, 0.717) is 6.54 Å². The summed E-state index contributed by atoms with van der Waals surface area (Å²) in [5.74, 6) is 0.930. The Morgan fingerprint density at radius 3 is 2.88 bits per heavy atom. The lowest BCUT2D eigenvalue weighted by atomic mass is 9.89. The molecule has 1 aromatic rings. The van der Waals surface area contributed by atoms with Crippen LogP contribution in [0.4, 0.5) is 0 Å². The molecule has 0 amide bonds. The number of hydrogen-bond donors (Lipinski definition) is 1. The molecular formula is C12H20N4. The SMILES string of the molecule is CC(C)(C#N)CCCCn1ccnc1CN. The van der Waals surface area contributed by atoms with Gasteiger partial charge in [-0.25, -0.2) is 4.98 Å². The minimum atomic E-state index is -0.203. The van der Waals surface area contributed by atoms with E-state index in [1.54, 1.807) is 6.20 Å². The Balaban J connectivity index is 2.29. The molecule has 88 valence electrons. The van der Waals surface area contributed by atoms with Gasteiger partial charge in [-0.05, 0) is 26.7 Å². The monoisotopic (exact) mass is 220 g/mol. The highest BCUT2D eigenvalue weighted by molar-refractivity contribution is 4.92. The summed E-state index contributed by atoms with van der Waals surface area (Å²) in [4.78, 5) is 4.16. The second kappa shape index (κ2) is 5.66. The summed E-state index contributed by atoms with van der Waals surface area (Å²) in [5.41, 5.74) is 5.36. The molecule has 1 aromatic heterocycles. The largest absolute Gasteiger partial charge is 0.334 e. The van der Waals surface area contributed by atoms with Crippen LogP contribution in [0.3, 0.4) is 0 Å². The average Bonchev–Trinajstić information content (AvgIpc) is 2.72. The topological polar surface area (TPSA) is 67.6 Å². The first kappa shape index (κ1) is 12.7. The molecule has 0 atom stereocenters. The maximum Gasteiger partial charge on any atom is 0.122 e. The third-order valence-corrected chi connectivity index (χ3v) is 2.74. The molecule has 4 heteroatoms. The Hall–Kier alpha value is -1.34.